The van der Waals surface area contributed by atoms with Crippen LogP contribution < -0.4 is 5.32 Å². The lowest BCUT2D eigenvalue weighted by molar-refractivity contribution is 0.470. The molecule has 2 nitrogen and oxygen atoms in total. The van der Waals surface area contributed by atoms with Gasteiger partial charge in [-0.25, -0.2) is 0 Å². The Kier molecular flexibility index (Phi) is 3.61. The summed E-state index contributed by atoms with van der Waals surface area (Å²) in [6.45, 7) is 10.5. The fourth-order valence-corrected chi connectivity index (χ4v) is 1.37. The van der Waals surface area contributed by atoms with Crippen molar-refractivity contribution >= 4 is 5.69 Å². The highest BCUT2D eigenvalue weighted by Crippen LogP contribution is 2.26. The fraction of sp³-hybridized carbons (Fsp3) is 0.538. The number of phenolic OH excluding ortho intramolecular Hbond substituents is 1. The van der Waals surface area contributed by atoms with E-state index in [9.17, 15) is 5.11 Å². The molecule has 0 fully saturated rings. The Labute approximate surface area is 92.3 Å². The van der Waals surface area contributed by atoms with E-state index in [0.29, 0.717) is 17.7 Å². The molecule has 0 heterocycles. The summed E-state index contributed by atoms with van der Waals surface area (Å²) in [6.07, 6.45) is 0. The smallest absolute Gasteiger partial charge is 0.118 e. The molecule has 0 saturated carbocycles. The Morgan fingerprint density at radius 2 is 1.67 bits per heavy atom. The molecule has 0 amide bonds. The van der Waals surface area contributed by atoms with Crippen molar-refractivity contribution in [2.24, 2.45) is 5.92 Å². The molecule has 84 valence electrons. The van der Waals surface area contributed by atoms with Gasteiger partial charge in [-0.3, -0.25) is 0 Å². The van der Waals surface area contributed by atoms with Gasteiger partial charge in [0.05, 0.1) is 0 Å². The summed E-state index contributed by atoms with van der Waals surface area (Å²) in [7, 11) is 0. The first kappa shape index (κ1) is 11.9. The SMILES string of the molecule is Cc1cc(NC(C)C(C)C)c(C)cc1O. The molecule has 1 aromatic carbocycles. The third-order valence-electron chi connectivity index (χ3n) is 2.93. The molecule has 1 aromatic rings. The van der Waals surface area contributed by atoms with E-state index in [1.165, 1.54) is 0 Å². The zero-order chi connectivity index (χ0) is 11.6. The van der Waals surface area contributed by atoms with Gasteiger partial charge in [0.25, 0.3) is 0 Å². The number of hydrogen-bond donors (Lipinski definition) is 2. The van der Waals surface area contributed by atoms with Crippen LogP contribution in [0, 0.1) is 19.8 Å². The fourth-order valence-electron chi connectivity index (χ4n) is 1.37. The number of anilines is 1. The molecule has 15 heavy (non-hydrogen) atoms. The summed E-state index contributed by atoms with van der Waals surface area (Å²) in [5.41, 5.74) is 3.12. The monoisotopic (exact) mass is 207 g/mol. The van der Waals surface area contributed by atoms with Gasteiger partial charge in [0.15, 0.2) is 0 Å². The Balaban J connectivity index is 2.91. The first-order chi connectivity index (χ1) is 6.91. The molecule has 0 aliphatic rings. The Bertz CT molecular complexity index is 345. The number of nitrogens with one attached hydrogen (secondary N) is 1. The average Bonchev–Trinajstić information content (AvgIpc) is 2.13. The molecule has 2 heteroatoms. The first-order valence-electron chi connectivity index (χ1n) is 5.48. The van der Waals surface area contributed by atoms with Crippen LogP contribution in [0.2, 0.25) is 0 Å². The minimum atomic E-state index is 0.371. The highest BCUT2D eigenvalue weighted by Gasteiger charge is 2.09. The zero-order valence-electron chi connectivity index (χ0n) is 10.3. The Morgan fingerprint density at radius 1 is 1.07 bits per heavy atom. The third kappa shape index (κ3) is 2.88. The number of aryl methyl sites for hydroxylation is 2. The zero-order valence-corrected chi connectivity index (χ0v) is 10.3. The van der Waals surface area contributed by atoms with Gasteiger partial charge in [-0.15, -0.1) is 0 Å². The van der Waals surface area contributed by atoms with E-state index in [1.54, 1.807) is 0 Å². The maximum Gasteiger partial charge on any atom is 0.118 e. The van der Waals surface area contributed by atoms with E-state index in [-0.39, 0.29) is 0 Å². The molecule has 0 aliphatic heterocycles. The summed E-state index contributed by atoms with van der Waals surface area (Å²) in [5, 5.41) is 13.0. The first-order valence-corrected chi connectivity index (χ1v) is 5.48. The van der Waals surface area contributed by atoms with Crippen molar-refractivity contribution in [1.82, 2.24) is 0 Å². The highest BCUT2D eigenvalue weighted by atomic mass is 16.3. The van der Waals surface area contributed by atoms with Crippen LogP contribution in [0.25, 0.3) is 0 Å². The normalized spacial score (nSPS) is 12.9. The maximum absolute atomic E-state index is 9.54. The Hall–Kier alpha value is -1.18. The van der Waals surface area contributed by atoms with Crippen LogP contribution in [-0.4, -0.2) is 11.1 Å². The van der Waals surface area contributed by atoms with Crippen molar-refractivity contribution in [2.75, 3.05) is 5.32 Å². The topological polar surface area (TPSA) is 32.3 Å². The van der Waals surface area contributed by atoms with Gasteiger partial charge >= 0.3 is 0 Å². The number of aromatic hydroxyl groups is 1. The van der Waals surface area contributed by atoms with Crippen LogP contribution in [0.3, 0.4) is 0 Å². The van der Waals surface area contributed by atoms with Gasteiger partial charge in [-0.1, -0.05) is 13.8 Å². The molecule has 2 N–H and O–H groups in total. The van der Waals surface area contributed by atoms with E-state index in [2.05, 4.69) is 26.1 Å². The summed E-state index contributed by atoms with van der Waals surface area (Å²) >= 11 is 0. The summed E-state index contributed by atoms with van der Waals surface area (Å²) in [5.74, 6) is 0.966. The standard InChI is InChI=1S/C13H21NO/c1-8(2)11(5)14-12-6-10(4)13(15)7-9(12)3/h6-8,11,14-15H,1-5H3. The molecule has 0 spiro atoms. The number of benzene rings is 1. The largest absolute Gasteiger partial charge is 0.508 e. The quantitative estimate of drug-likeness (QED) is 0.744. The Morgan fingerprint density at radius 3 is 2.20 bits per heavy atom. The summed E-state index contributed by atoms with van der Waals surface area (Å²) in [6, 6.07) is 4.25. The van der Waals surface area contributed by atoms with E-state index in [1.807, 2.05) is 26.0 Å². The second-order valence-electron chi connectivity index (χ2n) is 4.63. The van der Waals surface area contributed by atoms with Gasteiger partial charge in [-0.2, -0.15) is 0 Å². The van der Waals surface area contributed by atoms with Crippen molar-refractivity contribution < 1.29 is 5.11 Å². The molecular weight excluding hydrogens is 186 g/mol. The van der Waals surface area contributed by atoms with Crippen molar-refractivity contribution in [2.45, 2.75) is 40.7 Å². The second kappa shape index (κ2) is 4.56. The lowest BCUT2D eigenvalue weighted by Crippen LogP contribution is -2.21. The minimum Gasteiger partial charge on any atom is -0.508 e. The molecule has 1 atom stereocenters. The van der Waals surface area contributed by atoms with E-state index < -0.39 is 0 Å². The van der Waals surface area contributed by atoms with E-state index in [0.717, 1.165) is 16.8 Å². The van der Waals surface area contributed by atoms with Gasteiger partial charge < -0.3 is 10.4 Å². The van der Waals surface area contributed by atoms with Gasteiger partial charge in [0.2, 0.25) is 0 Å². The summed E-state index contributed by atoms with van der Waals surface area (Å²) < 4.78 is 0. The molecular formula is C13H21NO. The van der Waals surface area contributed by atoms with Crippen LogP contribution in [0.15, 0.2) is 12.1 Å². The summed E-state index contributed by atoms with van der Waals surface area (Å²) in [4.78, 5) is 0. The van der Waals surface area contributed by atoms with Crippen LogP contribution in [-0.2, 0) is 0 Å². The molecule has 0 bridgehead atoms. The average molecular weight is 207 g/mol. The van der Waals surface area contributed by atoms with Crippen molar-refractivity contribution in [3.63, 3.8) is 0 Å². The van der Waals surface area contributed by atoms with Crippen molar-refractivity contribution in [3.05, 3.63) is 23.3 Å². The molecule has 1 unspecified atom stereocenters. The number of phenols is 1. The van der Waals surface area contributed by atoms with Crippen LogP contribution in [0.1, 0.15) is 31.9 Å². The van der Waals surface area contributed by atoms with Crippen LogP contribution in [0.4, 0.5) is 5.69 Å². The van der Waals surface area contributed by atoms with E-state index >= 15 is 0 Å². The molecule has 0 aliphatic carbocycles. The molecule has 1 rings (SSSR count). The lowest BCUT2D eigenvalue weighted by atomic mass is 10.0. The predicted octanol–water partition coefficient (Wildman–Crippen LogP) is 3.47. The van der Waals surface area contributed by atoms with Crippen molar-refractivity contribution in [1.29, 1.82) is 0 Å². The van der Waals surface area contributed by atoms with Crippen LogP contribution in [0.5, 0.6) is 5.75 Å². The number of hydrogen-bond acceptors (Lipinski definition) is 2. The van der Waals surface area contributed by atoms with E-state index in [4.69, 9.17) is 0 Å². The molecule has 0 radical (unpaired) electrons. The lowest BCUT2D eigenvalue weighted by Gasteiger charge is -2.21. The van der Waals surface area contributed by atoms with Gasteiger partial charge in [-0.05, 0) is 49.9 Å². The second-order valence-corrected chi connectivity index (χ2v) is 4.63. The third-order valence-corrected chi connectivity index (χ3v) is 2.93. The van der Waals surface area contributed by atoms with Crippen molar-refractivity contribution in [3.8, 4) is 5.75 Å². The highest BCUT2D eigenvalue weighted by molar-refractivity contribution is 5.57. The van der Waals surface area contributed by atoms with Gasteiger partial charge in [0, 0.05) is 11.7 Å². The number of rotatable bonds is 3. The molecule has 0 aromatic heterocycles. The van der Waals surface area contributed by atoms with Gasteiger partial charge in [0.1, 0.15) is 5.75 Å². The maximum atomic E-state index is 9.54. The predicted molar refractivity (Wildman–Crippen MR) is 65.5 cm³/mol. The minimum absolute atomic E-state index is 0.371. The molecule has 0 saturated heterocycles. The van der Waals surface area contributed by atoms with Crippen LogP contribution >= 0.6 is 0 Å².